The van der Waals surface area contributed by atoms with Crippen molar-refractivity contribution in [3.8, 4) is 0 Å². The fourth-order valence-electron chi connectivity index (χ4n) is 2.39. The Hall–Kier alpha value is -2.73. The van der Waals surface area contributed by atoms with E-state index in [0.717, 1.165) is 0 Å². The van der Waals surface area contributed by atoms with Gasteiger partial charge in [0.2, 0.25) is 17.7 Å². The topological polar surface area (TPSA) is 208 Å². The van der Waals surface area contributed by atoms with Crippen LogP contribution in [0.1, 0.15) is 40.5 Å². The maximum Gasteiger partial charge on any atom is 0.328 e. The van der Waals surface area contributed by atoms with Crippen molar-refractivity contribution in [2.24, 2.45) is 17.6 Å². The van der Waals surface area contributed by atoms with Gasteiger partial charge in [-0.25, -0.2) is 4.79 Å². The lowest BCUT2D eigenvalue weighted by atomic mass is 10.00. The highest BCUT2D eigenvalue weighted by Crippen LogP contribution is 2.08. The number of carbonyl (C=O) groups is 5. The molecule has 0 saturated heterocycles. The third-order valence-electron chi connectivity index (χ3n) is 4.17. The molecule has 0 aliphatic carbocycles. The lowest BCUT2D eigenvalue weighted by Crippen LogP contribution is -2.58. The molecule has 8 N–H and O–H groups in total. The molecule has 0 rings (SSSR count). The van der Waals surface area contributed by atoms with E-state index in [-0.39, 0.29) is 18.3 Å². The number of amides is 3. The van der Waals surface area contributed by atoms with Gasteiger partial charge in [0.05, 0.1) is 19.1 Å². The van der Waals surface area contributed by atoms with Crippen LogP contribution in [0.25, 0.3) is 0 Å². The van der Waals surface area contributed by atoms with Gasteiger partial charge in [0, 0.05) is 0 Å². The molecule has 0 aliphatic rings. The van der Waals surface area contributed by atoms with E-state index in [1.54, 1.807) is 27.7 Å². The van der Waals surface area contributed by atoms with Crippen LogP contribution < -0.4 is 21.7 Å². The molecule has 0 spiro atoms. The van der Waals surface area contributed by atoms with E-state index in [9.17, 15) is 24.0 Å². The summed E-state index contributed by atoms with van der Waals surface area (Å²) in [6, 6.07) is -5.24. The molecule has 172 valence electrons. The molecular weight excluding hydrogens is 400 g/mol. The molecule has 0 aromatic rings. The Morgan fingerprint density at radius 1 is 0.800 bits per heavy atom. The minimum atomic E-state index is -1.67. The van der Waals surface area contributed by atoms with Crippen LogP contribution in [0.15, 0.2) is 0 Å². The fourth-order valence-corrected chi connectivity index (χ4v) is 2.39. The zero-order valence-corrected chi connectivity index (χ0v) is 17.5. The highest BCUT2D eigenvalue weighted by atomic mass is 16.4. The van der Waals surface area contributed by atoms with Crippen molar-refractivity contribution in [2.45, 2.75) is 64.7 Å². The number of aliphatic carboxylic acids is 2. The van der Waals surface area contributed by atoms with Gasteiger partial charge in [0.1, 0.15) is 18.1 Å². The van der Waals surface area contributed by atoms with Gasteiger partial charge in [-0.2, -0.15) is 0 Å². The molecule has 0 heterocycles. The van der Waals surface area contributed by atoms with E-state index in [1.807, 2.05) is 5.32 Å². The molecule has 4 unspecified atom stereocenters. The van der Waals surface area contributed by atoms with Crippen LogP contribution >= 0.6 is 0 Å². The third-order valence-corrected chi connectivity index (χ3v) is 4.17. The third kappa shape index (κ3) is 9.65. The first-order valence-corrected chi connectivity index (χ1v) is 9.52. The Balaban J connectivity index is 5.45. The molecule has 0 radical (unpaired) electrons. The van der Waals surface area contributed by atoms with Gasteiger partial charge in [0.15, 0.2) is 0 Å². The molecule has 12 nitrogen and oxygen atoms in total. The van der Waals surface area contributed by atoms with E-state index >= 15 is 0 Å². The van der Waals surface area contributed by atoms with Crippen LogP contribution in [0, 0.1) is 11.8 Å². The molecule has 3 amide bonds. The van der Waals surface area contributed by atoms with Crippen LogP contribution in [0.4, 0.5) is 0 Å². The van der Waals surface area contributed by atoms with Crippen LogP contribution in [0.5, 0.6) is 0 Å². The van der Waals surface area contributed by atoms with Crippen LogP contribution in [0.3, 0.4) is 0 Å². The Labute approximate surface area is 174 Å². The second kappa shape index (κ2) is 12.8. The first-order chi connectivity index (χ1) is 13.8. The maximum absolute atomic E-state index is 12.7. The zero-order valence-electron chi connectivity index (χ0n) is 17.5. The van der Waals surface area contributed by atoms with Crippen molar-refractivity contribution < 1.29 is 39.3 Å². The van der Waals surface area contributed by atoms with Gasteiger partial charge in [-0.05, 0) is 18.3 Å². The predicted octanol–water partition coefficient (Wildman–Crippen LogP) is -1.98. The monoisotopic (exact) mass is 432 g/mol. The molecule has 0 fully saturated rings. The second-order valence-electron chi connectivity index (χ2n) is 7.70. The average molecular weight is 432 g/mol. The highest BCUT2D eigenvalue weighted by molar-refractivity contribution is 5.95. The van der Waals surface area contributed by atoms with Gasteiger partial charge in [-0.3, -0.25) is 19.2 Å². The Morgan fingerprint density at radius 3 is 1.67 bits per heavy atom. The number of aliphatic hydroxyl groups excluding tert-OH is 1. The maximum atomic E-state index is 12.7. The average Bonchev–Trinajstić information content (AvgIpc) is 2.62. The minimum absolute atomic E-state index is 0.0335. The molecule has 0 bridgehead atoms. The van der Waals surface area contributed by atoms with E-state index in [2.05, 4.69) is 10.6 Å². The first kappa shape index (κ1) is 27.3. The summed E-state index contributed by atoms with van der Waals surface area (Å²) in [5.74, 6) is -5.66. The smallest absolute Gasteiger partial charge is 0.328 e. The highest BCUT2D eigenvalue weighted by Gasteiger charge is 2.32. The summed E-state index contributed by atoms with van der Waals surface area (Å²) in [6.07, 6.45) is -0.638. The number of hydrogen-bond donors (Lipinski definition) is 7. The number of carboxylic acids is 2. The number of aliphatic hydroxyl groups is 1. The van der Waals surface area contributed by atoms with Crippen molar-refractivity contribution in [3.05, 3.63) is 0 Å². The summed E-state index contributed by atoms with van der Waals surface area (Å²) in [6.45, 7) is 6.14. The minimum Gasteiger partial charge on any atom is -0.481 e. The first-order valence-electron chi connectivity index (χ1n) is 9.52. The van der Waals surface area contributed by atoms with Crippen molar-refractivity contribution in [2.75, 3.05) is 6.61 Å². The number of nitrogens with one attached hydrogen (secondary N) is 3. The number of carboxylic acid groups (broad SMARTS) is 2. The number of carbonyl (C=O) groups excluding carboxylic acids is 3. The Morgan fingerprint density at radius 2 is 1.27 bits per heavy atom. The standard InChI is InChI=1S/C18H32N4O8/c1-8(2)5-10(21-17(28)14(19)9(3)4)15(26)20-11(6-13(24)25)16(27)22-12(7-23)18(29)30/h8-12,14,23H,5-7,19H2,1-4H3,(H,20,26)(H,21,28)(H,22,27)(H,24,25)(H,29,30). The number of rotatable bonds is 13. The summed E-state index contributed by atoms with van der Waals surface area (Å²) in [7, 11) is 0. The Kier molecular flexibility index (Phi) is 11.6. The van der Waals surface area contributed by atoms with Crippen LogP contribution in [-0.4, -0.2) is 75.8 Å². The van der Waals surface area contributed by atoms with Gasteiger partial charge >= 0.3 is 11.9 Å². The molecule has 0 saturated carbocycles. The summed E-state index contributed by atoms with van der Waals surface area (Å²) in [4.78, 5) is 59.3. The van der Waals surface area contributed by atoms with Gasteiger partial charge in [-0.15, -0.1) is 0 Å². The molecule has 12 heteroatoms. The summed E-state index contributed by atoms with van der Waals surface area (Å²) in [5, 5.41) is 33.7. The van der Waals surface area contributed by atoms with E-state index in [0.29, 0.717) is 0 Å². The molecule has 0 aromatic carbocycles. The molecule has 0 aromatic heterocycles. The molecule has 0 aliphatic heterocycles. The molecule has 4 atom stereocenters. The largest absolute Gasteiger partial charge is 0.481 e. The lowest BCUT2D eigenvalue weighted by Gasteiger charge is -2.26. The van der Waals surface area contributed by atoms with Crippen molar-refractivity contribution in [1.29, 1.82) is 0 Å². The van der Waals surface area contributed by atoms with Crippen molar-refractivity contribution >= 4 is 29.7 Å². The predicted molar refractivity (Wildman–Crippen MR) is 105 cm³/mol. The summed E-state index contributed by atoms with van der Waals surface area (Å²) < 4.78 is 0. The lowest BCUT2D eigenvalue weighted by molar-refractivity contribution is -0.144. The summed E-state index contributed by atoms with van der Waals surface area (Å²) in [5.41, 5.74) is 5.79. The van der Waals surface area contributed by atoms with Gasteiger partial charge in [-0.1, -0.05) is 27.7 Å². The molecule has 30 heavy (non-hydrogen) atoms. The van der Waals surface area contributed by atoms with E-state index in [1.165, 1.54) is 0 Å². The van der Waals surface area contributed by atoms with Crippen molar-refractivity contribution in [1.82, 2.24) is 16.0 Å². The van der Waals surface area contributed by atoms with Gasteiger partial charge < -0.3 is 37.0 Å². The van der Waals surface area contributed by atoms with Crippen molar-refractivity contribution in [3.63, 3.8) is 0 Å². The zero-order chi connectivity index (χ0) is 23.6. The quantitative estimate of drug-likeness (QED) is 0.172. The second-order valence-corrected chi connectivity index (χ2v) is 7.70. The number of hydrogen-bond acceptors (Lipinski definition) is 7. The number of nitrogens with two attached hydrogens (primary N) is 1. The fraction of sp³-hybridized carbons (Fsp3) is 0.722. The SMILES string of the molecule is CC(C)CC(NC(=O)C(N)C(C)C)C(=O)NC(CC(=O)O)C(=O)NC(CO)C(=O)O. The van der Waals surface area contributed by atoms with Crippen LogP contribution in [-0.2, 0) is 24.0 Å². The van der Waals surface area contributed by atoms with Gasteiger partial charge in [0.25, 0.3) is 0 Å². The summed E-state index contributed by atoms with van der Waals surface area (Å²) >= 11 is 0. The normalized spacial score (nSPS) is 15.1. The van der Waals surface area contributed by atoms with E-state index < -0.39 is 66.9 Å². The Bertz CT molecular complexity index is 638. The van der Waals surface area contributed by atoms with Crippen LogP contribution in [0.2, 0.25) is 0 Å². The molecular formula is C18H32N4O8. The van der Waals surface area contributed by atoms with E-state index in [4.69, 9.17) is 21.1 Å².